The van der Waals surface area contributed by atoms with E-state index in [4.69, 9.17) is 9.47 Å². The van der Waals surface area contributed by atoms with Gasteiger partial charge in [-0.1, -0.05) is 74.0 Å². The average Bonchev–Trinajstić information content (AvgIpc) is 2.91. The van der Waals surface area contributed by atoms with Crippen LogP contribution in [0.15, 0.2) is 103 Å². The van der Waals surface area contributed by atoms with Gasteiger partial charge in [-0.25, -0.2) is 4.79 Å². The second-order valence-corrected chi connectivity index (χ2v) is 9.54. The zero-order chi connectivity index (χ0) is 26.4. The number of aryl methyl sites for hydroxylation is 1. The highest BCUT2D eigenvalue weighted by Gasteiger charge is 2.23. The molecule has 0 aliphatic carbocycles. The molecule has 0 aliphatic rings. The third-order valence-corrected chi connectivity index (χ3v) is 6.36. The Balaban J connectivity index is 1.32. The van der Waals surface area contributed by atoms with Gasteiger partial charge in [-0.05, 0) is 73.5 Å². The van der Waals surface area contributed by atoms with Gasteiger partial charge in [-0.15, -0.1) is 0 Å². The molecule has 188 valence electrons. The largest absolute Gasteiger partial charge is 0.479 e. The van der Waals surface area contributed by atoms with Gasteiger partial charge in [0.1, 0.15) is 11.5 Å². The van der Waals surface area contributed by atoms with E-state index in [0.29, 0.717) is 22.7 Å². The van der Waals surface area contributed by atoms with Crippen molar-refractivity contribution in [1.82, 2.24) is 0 Å². The van der Waals surface area contributed by atoms with Crippen LogP contribution >= 0.6 is 0 Å². The standard InChI is InChI=1S/C32H31NO4/c1-22-10-16-27(17-11-22)33-30(34)24-12-18-29(19-13-24)37-31(35)23(2)36-28-20-14-26(15-21-28)32(3,4)25-8-6-5-7-9-25/h5-21,23H,1-4H3,(H,33,34). The van der Waals surface area contributed by atoms with Crippen LogP contribution in [0.5, 0.6) is 11.5 Å². The number of rotatable bonds is 8. The van der Waals surface area contributed by atoms with Crippen molar-refractivity contribution in [2.45, 2.75) is 39.2 Å². The Labute approximate surface area is 218 Å². The molecule has 0 spiro atoms. The molecule has 0 saturated carbocycles. The van der Waals surface area contributed by atoms with Crippen LogP contribution < -0.4 is 14.8 Å². The van der Waals surface area contributed by atoms with Crippen LogP contribution in [0.3, 0.4) is 0 Å². The maximum absolute atomic E-state index is 12.6. The molecule has 1 amide bonds. The van der Waals surface area contributed by atoms with Crippen molar-refractivity contribution in [3.05, 3.63) is 125 Å². The van der Waals surface area contributed by atoms with E-state index < -0.39 is 12.1 Å². The van der Waals surface area contributed by atoms with E-state index in [2.05, 4.69) is 31.3 Å². The Morgan fingerprint density at radius 1 is 0.730 bits per heavy atom. The fourth-order valence-electron chi connectivity index (χ4n) is 3.94. The summed E-state index contributed by atoms with van der Waals surface area (Å²) in [6.45, 7) is 7.99. The molecule has 4 rings (SSSR count). The summed E-state index contributed by atoms with van der Waals surface area (Å²) in [6.07, 6.45) is -0.808. The number of carbonyl (C=O) groups is 2. The van der Waals surface area contributed by atoms with Crippen LogP contribution in [-0.2, 0) is 10.2 Å². The number of nitrogens with one attached hydrogen (secondary N) is 1. The van der Waals surface area contributed by atoms with Gasteiger partial charge in [0, 0.05) is 16.7 Å². The normalized spacial score (nSPS) is 11.9. The van der Waals surface area contributed by atoms with Crippen LogP contribution in [0, 0.1) is 6.92 Å². The minimum atomic E-state index is -0.808. The summed E-state index contributed by atoms with van der Waals surface area (Å²) in [7, 11) is 0. The van der Waals surface area contributed by atoms with Crippen LogP contribution in [0.25, 0.3) is 0 Å². The topological polar surface area (TPSA) is 64.6 Å². The lowest BCUT2D eigenvalue weighted by Crippen LogP contribution is -2.28. The summed E-state index contributed by atoms with van der Waals surface area (Å²) >= 11 is 0. The minimum absolute atomic E-state index is 0.159. The van der Waals surface area contributed by atoms with Crippen molar-refractivity contribution in [3.8, 4) is 11.5 Å². The molecule has 0 aromatic heterocycles. The van der Waals surface area contributed by atoms with Gasteiger partial charge in [0.15, 0.2) is 6.10 Å². The molecule has 37 heavy (non-hydrogen) atoms. The molecule has 0 radical (unpaired) electrons. The van der Waals surface area contributed by atoms with Crippen molar-refractivity contribution in [2.24, 2.45) is 0 Å². The summed E-state index contributed by atoms with van der Waals surface area (Å²) < 4.78 is 11.3. The number of hydrogen-bond donors (Lipinski definition) is 1. The van der Waals surface area contributed by atoms with E-state index >= 15 is 0 Å². The molecular formula is C32H31NO4. The monoisotopic (exact) mass is 493 g/mol. The minimum Gasteiger partial charge on any atom is -0.479 e. The quantitative estimate of drug-likeness (QED) is 0.213. The summed E-state index contributed by atoms with van der Waals surface area (Å²) in [5.74, 6) is 0.162. The van der Waals surface area contributed by atoms with Crippen molar-refractivity contribution >= 4 is 17.6 Å². The Kier molecular flexibility index (Phi) is 7.73. The van der Waals surface area contributed by atoms with Gasteiger partial charge in [-0.2, -0.15) is 0 Å². The molecule has 0 fully saturated rings. The first-order valence-electron chi connectivity index (χ1n) is 12.2. The highest BCUT2D eigenvalue weighted by molar-refractivity contribution is 6.04. The molecule has 4 aromatic carbocycles. The molecule has 0 heterocycles. The molecule has 1 unspecified atom stereocenters. The Morgan fingerprint density at radius 2 is 1.30 bits per heavy atom. The first-order chi connectivity index (χ1) is 17.7. The lowest BCUT2D eigenvalue weighted by Gasteiger charge is -2.26. The number of benzene rings is 4. The van der Waals surface area contributed by atoms with E-state index in [1.165, 1.54) is 5.56 Å². The SMILES string of the molecule is Cc1ccc(NC(=O)c2ccc(OC(=O)C(C)Oc3ccc(C(C)(C)c4ccccc4)cc3)cc2)cc1. The summed E-state index contributed by atoms with van der Waals surface area (Å²) in [4.78, 5) is 25.1. The second-order valence-electron chi connectivity index (χ2n) is 9.54. The maximum atomic E-state index is 12.6. The number of ether oxygens (including phenoxy) is 2. The highest BCUT2D eigenvalue weighted by atomic mass is 16.6. The van der Waals surface area contributed by atoms with E-state index in [1.807, 2.05) is 73.7 Å². The first-order valence-corrected chi connectivity index (χ1v) is 12.2. The first kappa shape index (κ1) is 25.7. The third kappa shape index (κ3) is 6.44. The molecule has 5 heteroatoms. The number of esters is 1. The van der Waals surface area contributed by atoms with Crippen molar-refractivity contribution < 1.29 is 19.1 Å². The van der Waals surface area contributed by atoms with Crippen LogP contribution in [0.1, 0.15) is 47.8 Å². The van der Waals surface area contributed by atoms with Crippen molar-refractivity contribution in [1.29, 1.82) is 0 Å². The Morgan fingerprint density at radius 3 is 1.92 bits per heavy atom. The van der Waals surface area contributed by atoms with Crippen molar-refractivity contribution in [3.63, 3.8) is 0 Å². The third-order valence-electron chi connectivity index (χ3n) is 6.36. The van der Waals surface area contributed by atoms with Gasteiger partial charge >= 0.3 is 5.97 Å². The fourth-order valence-corrected chi connectivity index (χ4v) is 3.94. The molecule has 0 aliphatic heterocycles. The van der Waals surface area contributed by atoms with Crippen LogP contribution in [-0.4, -0.2) is 18.0 Å². The zero-order valence-electron chi connectivity index (χ0n) is 21.5. The van der Waals surface area contributed by atoms with Crippen LogP contribution in [0.2, 0.25) is 0 Å². The van der Waals surface area contributed by atoms with Gasteiger partial charge < -0.3 is 14.8 Å². The average molecular weight is 494 g/mol. The molecule has 1 N–H and O–H groups in total. The molecule has 4 aromatic rings. The Bertz CT molecular complexity index is 1340. The fraction of sp³-hybridized carbons (Fsp3) is 0.188. The highest BCUT2D eigenvalue weighted by Crippen LogP contribution is 2.32. The number of carbonyl (C=O) groups excluding carboxylic acids is 2. The van der Waals surface area contributed by atoms with Crippen molar-refractivity contribution in [2.75, 3.05) is 5.32 Å². The molecule has 0 bridgehead atoms. The predicted octanol–water partition coefficient (Wildman–Crippen LogP) is 6.95. The zero-order valence-corrected chi connectivity index (χ0v) is 21.5. The van der Waals surface area contributed by atoms with E-state index in [-0.39, 0.29) is 11.3 Å². The van der Waals surface area contributed by atoms with Gasteiger partial charge in [-0.3, -0.25) is 4.79 Å². The Hall–Kier alpha value is -4.38. The number of amides is 1. The maximum Gasteiger partial charge on any atom is 0.352 e. The smallest absolute Gasteiger partial charge is 0.352 e. The molecule has 1 atom stereocenters. The number of hydrogen-bond acceptors (Lipinski definition) is 4. The lowest BCUT2D eigenvalue weighted by molar-refractivity contribution is -0.141. The molecule has 5 nitrogen and oxygen atoms in total. The van der Waals surface area contributed by atoms with Gasteiger partial charge in [0.2, 0.25) is 0 Å². The summed E-state index contributed by atoms with van der Waals surface area (Å²) in [5, 5.41) is 2.85. The predicted molar refractivity (Wildman–Crippen MR) is 146 cm³/mol. The second kappa shape index (κ2) is 11.1. The van der Waals surface area contributed by atoms with E-state index in [9.17, 15) is 9.59 Å². The van der Waals surface area contributed by atoms with Gasteiger partial charge in [0.05, 0.1) is 0 Å². The van der Waals surface area contributed by atoms with E-state index in [0.717, 1.165) is 11.1 Å². The van der Waals surface area contributed by atoms with Crippen LogP contribution in [0.4, 0.5) is 5.69 Å². The molecule has 0 saturated heterocycles. The lowest BCUT2D eigenvalue weighted by atomic mass is 9.78. The molecular weight excluding hydrogens is 462 g/mol. The number of anilines is 1. The summed E-state index contributed by atoms with van der Waals surface area (Å²) in [5.41, 5.74) is 4.50. The summed E-state index contributed by atoms with van der Waals surface area (Å²) in [6, 6.07) is 32.1. The van der Waals surface area contributed by atoms with E-state index in [1.54, 1.807) is 31.2 Å². The van der Waals surface area contributed by atoms with Gasteiger partial charge in [0.25, 0.3) is 5.91 Å².